The summed E-state index contributed by atoms with van der Waals surface area (Å²) in [5, 5.41) is 13.8. The summed E-state index contributed by atoms with van der Waals surface area (Å²) in [4.78, 5) is 0. The molecule has 1 atom stereocenters. The average molecular weight is 263 g/mol. The molecule has 0 heterocycles. The second-order valence-corrected chi connectivity index (χ2v) is 5.61. The molecular weight excluding hydrogens is 238 g/mol. The second kappa shape index (κ2) is 6.92. The molecule has 3 nitrogen and oxygen atoms in total. The molecule has 0 aromatic heterocycles. The third kappa shape index (κ3) is 4.22. The van der Waals surface area contributed by atoms with E-state index in [0.717, 1.165) is 11.3 Å². The lowest BCUT2D eigenvalue weighted by molar-refractivity contribution is 0.159. The molecular formula is C16H25NO2. The summed E-state index contributed by atoms with van der Waals surface area (Å²) < 4.78 is 5.75. The van der Waals surface area contributed by atoms with Gasteiger partial charge in [0.2, 0.25) is 0 Å². The van der Waals surface area contributed by atoms with Crippen molar-refractivity contribution >= 4 is 0 Å². The van der Waals surface area contributed by atoms with Crippen molar-refractivity contribution in [1.82, 2.24) is 5.32 Å². The highest BCUT2D eigenvalue weighted by Gasteiger charge is 2.18. The summed E-state index contributed by atoms with van der Waals surface area (Å²) >= 11 is 0. The molecule has 2 N–H and O–H groups in total. The van der Waals surface area contributed by atoms with Gasteiger partial charge in [0.15, 0.2) is 0 Å². The smallest absolute Gasteiger partial charge is 0.125 e. The van der Waals surface area contributed by atoms with Crippen LogP contribution in [-0.4, -0.2) is 23.8 Å². The van der Waals surface area contributed by atoms with Crippen LogP contribution in [0.2, 0.25) is 0 Å². The molecule has 0 saturated heterocycles. The monoisotopic (exact) mass is 263 g/mol. The van der Waals surface area contributed by atoms with Crippen LogP contribution in [0.25, 0.3) is 0 Å². The topological polar surface area (TPSA) is 41.5 Å². The highest BCUT2D eigenvalue weighted by Crippen LogP contribution is 2.26. The summed E-state index contributed by atoms with van der Waals surface area (Å²) in [6.45, 7) is 4.60. The number of hydrogen-bond acceptors (Lipinski definition) is 3. The molecule has 1 aliphatic carbocycles. The fraction of sp³-hybridized carbons (Fsp3) is 0.625. The lowest BCUT2D eigenvalue weighted by Crippen LogP contribution is -2.30. The van der Waals surface area contributed by atoms with E-state index in [1.54, 1.807) is 0 Å². The van der Waals surface area contributed by atoms with Crippen LogP contribution < -0.4 is 10.1 Å². The maximum atomic E-state index is 10.3. The molecule has 1 aliphatic rings. The number of nitrogens with one attached hydrogen (secondary N) is 1. The van der Waals surface area contributed by atoms with Crippen molar-refractivity contribution in [3.8, 4) is 5.75 Å². The molecule has 0 aliphatic heterocycles. The SMILES string of the molecule is CC(C)Oc1ccccc1C(O)CNC1CCCC1. The predicted molar refractivity (Wildman–Crippen MR) is 77.4 cm³/mol. The molecule has 0 bridgehead atoms. The Kier molecular flexibility index (Phi) is 5.23. The van der Waals surface area contributed by atoms with Gasteiger partial charge in [0.05, 0.1) is 12.2 Å². The molecule has 1 aromatic rings. The molecule has 0 spiro atoms. The van der Waals surface area contributed by atoms with Gasteiger partial charge in [-0.2, -0.15) is 0 Å². The van der Waals surface area contributed by atoms with Crippen LogP contribution in [0, 0.1) is 0 Å². The molecule has 1 unspecified atom stereocenters. The van der Waals surface area contributed by atoms with Gasteiger partial charge in [-0.15, -0.1) is 0 Å². The van der Waals surface area contributed by atoms with E-state index in [1.807, 2.05) is 38.1 Å². The maximum Gasteiger partial charge on any atom is 0.125 e. The molecule has 19 heavy (non-hydrogen) atoms. The Bertz CT molecular complexity index is 386. The standard InChI is InChI=1S/C16H25NO2/c1-12(2)19-16-10-6-5-9-14(16)15(18)11-17-13-7-3-4-8-13/h5-6,9-10,12-13,15,17-18H,3-4,7-8,11H2,1-2H3. The van der Waals surface area contributed by atoms with Gasteiger partial charge in [-0.05, 0) is 32.8 Å². The lowest BCUT2D eigenvalue weighted by Gasteiger charge is -2.20. The average Bonchev–Trinajstić information content (AvgIpc) is 2.89. The normalized spacial score (nSPS) is 17.9. The zero-order valence-electron chi connectivity index (χ0n) is 11.9. The lowest BCUT2D eigenvalue weighted by atomic mass is 10.1. The Hall–Kier alpha value is -1.06. The van der Waals surface area contributed by atoms with Gasteiger partial charge in [0.25, 0.3) is 0 Å². The first-order valence-corrected chi connectivity index (χ1v) is 7.34. The van der Waals surface area contributed by atoms with Gasteiger partial charge in [-0.1, -0.05) is 31.0 Å². The van der Waals surface area contributed by atoms with Crippen molar-refractivity contribution in [2.45, 2.75) is 57.8 Å². The number of rotatable bonds is 6. The third-order valence-electron chi connectivity index (χ3n) is 3.60. The molecule has 0 amide bonds. The Morgan fingerprint density at radius 3 is 2.63 bits per heavy atom. The van der Waals surface area contributed by atoms with Crippen molar-refractivity contribution in [2.75, 3.05) is 6.54 Å². The van der Waals surface area contributed by atoms with Crippen molar-refractivity contribution in [3.63, 3.8) is 0 Å². The van der Waals surface area contributed by atoms with Crippen LogP contribution in [0.3, 0.4) is 0 Å². The van der Waals surface area contributed by atoms with Crippen molar-refractivity contribution < 1.29 is 9.84 Å². The summed E-state index contributed by atoms with van der Waals surface area (Å²) in [5.74, 6) is 0.790. The highest BCUT2D eigenvalue weighted by atomic mass is 16.5. The van der Waals surface area contributed by atoms with E-state index in [9.17, 15) is 5.11 Å². The Morgan fingerprint density at radius 1 is 1.26 bits per heavy atom. The fourth-order valence-electron chi connectivity index (χ4n) is 2.64. The van der Waals surface area contributed by atoms with Gasteiger partial charge in [-0.25, -0.2) is 0 Å². The van der Waals surface area contributed by atoms with E-state index >= 15 is 0 Å². The first-order chi connectivity index (χ1) is 9.16. The molecule has 1 aromatic carbocycles. The first kappa shape index (κ1) is 14.4. The maximum absolute atomic E-state index is 10.3. The Balaban J connectivity index is 1.95. The molecule has 106 valence electrons. The van der Waals surface area contributed by atoms with E-state index in [-0.39, 0.29) is 6.10 Å². The molecule has 1 saturated carbocycles. The van der Waals surface area contributed by atoms with Gasteiger partial charge >= 0.3 is 0 Å². The molecule has 0 radical (unpaired) electrons. The molecule has 3 heteroatoms. The predicted octanol–water partition coefficient (Wildman–Crippen LogP) is 3.04. The van der Waals surface area contributed by atoms with Crippen LogP contribution in [0.4, 0.5) is 0 Å². The minimum absolute atomic E-state index is 0.121. The van der Waals surface area contributed by atoms with Crippen molar-refractivity contribution in [2.24, 2.45) is 0 Å². The van der Waals surface area contributed by atoms with E-state index < -0.39 is 6.10 Å². The summed E-state index contributed by atoms with van der Waals surface area (Å²) in [7, 11) is 0. The molecule has 2 rings (SSSR count). The Labute approximate surface area is 116 Å². The van der Waals surface area contributed by atoms with E-state index in [1.165, 1.54) is 25.7 Å². The number of ether oxygens (including phenoxy) is 1. The number of hydrogen-bond donors (Lipinski definition) is 2. The highest BCUT2D eigenvalue weighted by molar-refractivity contribution is 5.35. The number of aliphatic hydroxyl groups excluding tert-OH is 1. The van der Waals surface area contributed by atoms with Crippen LogP contribution in [0.1, 0.15) is 51.2 Å². The largest absolute Gasteiger partial charge is 0.491 e. The second-order valence-electron chi connectivity index (χ2n) is 5.61. The van der Waals surface area contributed by atoms with Crippen LogP contribution in [0.15, 0.2) is 24.3 Å². The van der Waals surface area contributed by atoms with Crippen LogP contribution in [0.5, 0.6) is 5.75 Å². The quantitative estimate of drug-likeness (QED) is 0.829. The van der Waals surface area contributed by atoms with Crippen LogP contribution in [-0.2, 0) is 0 Å². The summed E-state index contributed by atoms with van der Waals surface area (Å²) in [5.41, 5.74) is 0.877. The zero-order chi connectivity index (χ0) is 13.7. The van der Waals surface area contributed by atoms with Crippen molar-refractivity contribution in [1.29, 1.82) is 0 Å². The number of para-hydroxylation sites is 1. The van der Waals surface area contributed by atoms with Gasteiger partial charge < -0.3 is 15.2 Å². The molecule has 1 fully saturated rings. The fourth-order valence-corrected chi connectivity index (χ4v) is 2.64. The van der Waals surface area contributed by atoms with Crippen LogP contribution >= 0.6 is 0 Å². The van der Waals surface area contributed by atoms with Crippen molar-refractivity contribution in [3.05, 3.63) is 29.8 Å². The van der Waals surface area contributed by atoms with Gasteiger partial charge in [0, 0.05) is 18.2 Å². The minimum Gasteiger partial charge on any atom is -0.491 e. The first-order valence-electron chi connectivity index (χ1n) is 7.34. The number of aliphatic hydroxyl groups is 1. The zero-order valence-corrected chi connectivity index (χ0v) is 11.9. The number of benzene rings is 1. The van der Waals surface area contributed by atoms with E-state index in [4.69, 9.17) is 4.74 Å². The summed E-state index contributed by atoms with van der Waals surface area (Å²) in [6.07, 6.45) is 4.70. The van der Waals surface area contributed by atoms with Gasteiger partial charge in [0.1, 0.15) is 5.75 Å². The summed E-state index contributed by atoms with van der Waals surface area (Å²) in [6, 6.07) is 8.33. The Morgan fingerprint density at radius 2 is 1.95 bits per heavy atom. The third-order valence-corrected chi connectivity index (χ3v) is 3.60. The van der Waals surface area contributed by atoms with Gasteiger partial charge in [-0.3, -0.25) is 0 Å². The van der Waals surface area contributed by atoms with E-state index in [2.05, 4.69) is 5.32 Å². The minimum atomic E-state index is -0.504. The van der Waals surface area contributed by atoms with E-state index in [0.29, 0.717) is 12.6 Å².